The van der Waals surface area contributed by atoms with Gasteiger partial charge in [-0.05, 0) is 31.4 Å². The van der Waals surface area contributed by atoms with E-state index >= 15 is 0 Å². The molecule has 0 aliphatic carbocycles. The van der Waals surface area contributed by atoms with E-state index in [1.165, 1.54) is 10.9 Å². The quantitative estimate of drug-likeness (QED) is 0.722. The lowest BCUT2D eigenvalue weighted by Gasteiger charge is -2.25. The molecular weight excluding hydrogens is 274 g/mol. The van der Waals surface area contributed by atoms with Crippen molar-refractivity contribution < 1.29 is 4.74 Å². The molecule has 1 saturated heterocycles. The predicted molar refractivity (Wildman–Crippen MR) is 86.8 cm³/mol. The van der Waals surface area contributed by atoms with Gasteiger partial charge in [0.1, 0.15) is 5.82 Å². The number of hydrogen-bond donors (Lipinski definition) is 0. The minimum atomic E-state index is 0.472. The van der Waals surface area contributed by atoms with Gasteiger partial charge in [0, 0.05) is 48.8 Å². The van der Waals surface area contributed by atoms with Crippen molar-refractivity contribution in [1.29, 1.82) is 0 Å². The molecule has 0 spiro atoms. The molecule has 2 aromatic heterocycles. The highest BCUT2D eigenvalue weighted by Crippen LogP contribution is 2.32. The fourth-order valence-corrected chi connectivity index (χ4v) is 3.29. The number of fused-ring (bicyclic) bond motifs is 1. The molecule has 112 valence electrons. The Labute approximate surface area is 129 Å². The maximum Gasteiger partial charge on any atom is 0.140 e. The van der Waals surface area contributed by atoms with E-state index < -0.39 is 0 Å². The summed E-state index contributed by atoms with van der Waals surface area (Å²) in [6, 6.07) is 8.89. The van der Waals surface area contributed by atoms with Crippen LogP contribution in [0, 0.1) is 6.92 Å². The largest absolute Gasteiger partial charge is 0.381 e. The van der Waals surface area contributed by atoms with Crippen molar-refractivity contribution in [3.05, 3.63) is 48.4 Å². The van der Waals surface area contributed by atoms with Gasteiger partial charge >= 0.3 is 0 Å². The fraction of sp³-hybridized carbons (Fsp3) is 0.333. The highest BCUT2D eigenvalue weighted by atomic mass is 16.5. The van der Waals surface area contributed by atoms with Gasteiger partial charge in [-0.3, -0.25) is 4.98 Å². The average molecular weight is 293 g/mol. The highest BCUT2D eigenvalue weighted by Gasteiger charge is 2.20. The summed E-state index contributed by atoms with van der Waals surface area (Å²) in [4.78, 5) is 9.17. The molecule has 4 heteroatoms. The summed E-state index contributed by atoms with van der Waals surface area (Å²) in [7, 11) is 0. The Balaban J connectivity index is 1.86. The monoisotopic (exact) mass is 293 g/mol. The predicted octanol–water partition coefficient (Wildman–Crippen LogP) is 3.76. The highest BCUT2D eigenvalue weighted by molar-refractivity contribution is 5.94. The lowest BCUT2D eigenvalue weighted by molar-refractivity contribution is 0.0700. The standard InChI is InChI=1S/C18H19N3O/c1-13-4-5-16(15-3-2-8-19-17(13)15)18-20-9-10-21(18)14-6-11-22-12-7-14/h2-5,8-10,14H,6-7,11-12H2,1H3. The van der Waals surface area contributed by atoms with Gasteiger partial charge in [-0.1, -0.05) is 18.2 Å². The third-order valence-electron chi connectivity index (χ3n) is 4.47. The maximum atomic E-state index is 5.49. The Bertz CT molecular complexity index is 803. The van der Waals surface area contributed by atoms with Crippen molar-refractivity contribution in [2.24, 2.45) is 0 Å². The summed E-state index contributed by atoms with van der Waals surface area (Å²) in [6.07, 6.45) is 7.93. The minimum absolute atomic E-state index is 0.472. The van der Waals surface area contributed by atoms with Gasteiger partial charge in [-0.15, -0.1) is 0 Å². The fourth-order valence-electron chi connectivity index (χ4n) is 3.29. The minimum Gasteiger partial charge on any atom is -0.381 e. The molecule has 0 N–H and O–H groups in total. The van der Waals surface area contributed by atoms with Crippen LogP contribution in [0.1, 0.15) is 24.4 Å². The van der Waals surface area contributed by atoms with Crippen molar-refractivity contribution >= 4 is 10.9 Å². The number of rotatable bonds is 2. The molecule has 1 aliphatic heterocycles. The Morgan fingerprint density at radius 3 is 2.82 bits per heavy atom. The Morgan fingerprint density at radius 1 is 1.09 bits per heavy atom. The number of hydrogen-bond acceptors (Lipinski definition) is 3. The van der Waals surface area contributed by atoms with Gasteiger partial charge in [0.05, 0.1) is 5.52 Å². The molecule has 0 radical (unpaired) electrons. The van der Waals surface area contributed by atoms with Crippen molar-refractivity contribution in [3.63, 3.8) is 0 Å². The van der Waals surface area contributed by atoms with Gasteiger partial charge in [0.2, 0.25) is 0 Å². The van der Waals surface area contributed by atoms with Crippen LogP contribution < -0.4 is 0 Å². The Kier molecular flexibility index (Phi) is 3.39. The van der Waals surface area contributed by atoms with Gasteiger partial charge in [0.25, 0.3) is 0 Å². The topological polar surface area (TPSA) is 39.9 Å². The Hall–Kier alpha value is -2.20. The van der Waals surface area contributed by atoms with E-state index in [0.717, 1.165) is 43.0 Å². The first-order valence-corrected chi connectivity index (χ1v) is 7.80. The van der Waals surface area contributed by atoms with E-state index in [1.54, 1.807) is 0 Å². The number of aromatic nitrogens is 3. The first kappa shape index (κ1) is 13.5. The van der Waals surface area contributed by atoms with Crippen molar-refractivity contribution in [2.45, 2.75) is 25.8 Å². The van der Waals surface area contributed by atoms with Crippen LogP contribution in [-0.4, -0.2) is 27.7 Å². The molecule has 1 aliphatic rings. The number of aryl methyl sites for hydroxylation is 1. The second-order valence-electron chi connectivity index (χ2n) is 5.83. The first-order valence-electron chi connectivity index (χ1n) is 7.80. The third-order valence-corrected chi connectivity index (χ3v) is 4.47. The number of pyridine rings is 1. The summed E-state index contributed by atoms with van der Waals surface area (Å²) < 4.78 is 7.79. The van der Waals surface area contributed by atoms with Crippen LogP contribution >= 0.6 is 0 Å². The van der Waals surface area contributed by atoms with Crippen LogP contribution in [-0.2, 0) is 4.74 Å². The molecular formula is C18H19N3O. The van der Waals surface area contributed by atoms with E-state index in [-0.39, 0.29) is 0 Å². The molecule has 0 amide bonds. The van der Waals surface area contributed by atoms with Gasteiger partial charge in [-0.2, -0.15) is 0 Å². The van der Waals surface area contributed by atoms with Crippen LogP contribution in [0.5, 0.6) is 0 Å². The number of imidazole rings is 1. The summed E-state index contributed by atoms with van der Waals surface area (Å²) in [6.45, 7) is 3.76. The van der Waals surface area contributed by atoms with Crippen molar-refractivity contribution in [2.75, 3.05) is 13.2 Å². The molecule has 3 aromatic rings. The molecule has 4 nitrogen and oxygen atoms in total. The van der Waals surface area contributed by atoms with Gasteiger partial charge in [-0.25, -0.2) is 4.98 Å². The van der Waals surface area contributed by atoms with Crippen molar-refractivity contribution in [1.82, 2.24) is 14.5 Å². The SMILES string of the molecule is Cc1ccc(-c2nccn2C2CCOCC2)c2cccnc12. The smallest absolute Gasteiger partial charge is 0.140 e. The molecule has 4 rings (SSSR count). The third kappa shape index (κ3) is 2.20. The van der Waals surface area contributed by atoms with Crippen molar-refractivity contribution in [3.8, 4) is 11.4 Å². The molecule has 0 unspecified atom stereocenters. The van der Waals surface area contributed by atoms with E-state index in [2.05, 4.69) is 45.9 Å². The summed E-state index contributed by atoms with van der Waals surface area (Å²) in [5.41, 5.74) is 3.41. The summed E-state index contributed by atoms with van der Waals surface area (Å²) >= 11 is 0. The maximum absolute atomic E-state index is 5.49. The summed E-state index contributed by atoms with van der Waals surface area (Å²) in [5.74, 6) is 1.03. The summed E-state index contributed by atoms with van der Waals surface area (Å²) in [5, 5.41) is 1.17. The number of nitrogens with zero attached hydrogens (tertiary/aromatic N) is 3. The molecule has 0 atom stereocenters. The zero-order valence-electron chi connectivity index (χ0n) is 12.7. The number of ether oxygens (including phenoxy) is 1. The Morgan fingerprint density at radius 2 is 1.95 bits per heavy atom. The molecule has 1 fully saturated rings. The van der Waals surface area contributed by atoms with Crippen LogP contribution in [0.15, 0.2) is 42.9 Å². The van der Waals surface area contributed by atoms with Crippen LogP contribution in [0.2, 0.25) is 0 Å². The van der Waals surface area contributed by atoms with Gasteiger partial charge < -0.3 is 9.30 Å². The van der Waals surface area contributed by atoms with E-state index in [9.17, 15) is 0 Å². The molecule has 3 heterocycles. The average Bonchev–Trinajstić information content (AvgIpc) is 3.06. The normalized spacial score (nSPS) is 16.2. The van der Waals surface area contributed by atoms with E-state index in [4.69, 9.17) is 4.74 Å². The van der Waals surface area contributed by atoms with E-state index in [1.807, 2.05) is 18.5 Å². The second-order valence-corrected chi connectivity index (χ2v) is 5.83. The van der Waals surface area contributed by atoms with Crippen LogP contribution in [0.4, 0.5) is 0 Å². The second kappa shape index (κ2) is 5.54. The lowest BCUT2D eigenvalue weighted by atomic mass is 10.0. The molecule has 0 saturated carbocycles. The number of benzene rings is 1. The first-order chi connectivity index (χ1) is 10.8. The molecule has 22 heavy (non-hydrogen) atoms. The van der Waals surface area contributed by atoms with Gasteiger partial charge in [0.15, 0.2) is 0 Å². The van der Waals surface area contributed by atoms with Crippen LogP contribution in [0.3, 0.4) is 0 Å². The molecule has 0 bridgehead atoms. The zero-order valence-corrected chi connectivity index (χ0v) is 12.7. The van der Waals surface area contributed by atoms with E-state index in [0.29, 0.717) is 6.04 Å². The molecule has 1 aromatic carbocycles. The lowest BCUT2D eigenvalue weighted by Crippen LogP contribution is -2.19. The van der Waals surface area contributed by atoms with Crippen LogP contribution in [0.25, 0.3) is 22.3 Å². The zero-order chi connectivity index (χ0) is 14.9.